The van der Waals surface area contributed by atoms with Crippen LogP contribution in [-0.4, -0.2) is 44.3 Å². The van der Waals surface area contributed by atoms with Crippen molar-refractivity contribution in [2.24, 2.45) is 0 Å². The van der Waals surface area contributed by atoms with E-state index < -0.39 is 12.1 Å². The smallest absolute Gasteiger partial charge is 0.319 e. The predicted molar refractivity (Wildman–Crippen MR) is 93.3 cm³/mol. The highest BCUT2D eigenvalue weighted by Crippen LogP contribution is 2.17. The first-order chi connectivity index (χ1) is 11.5. The van der Waals surface area contributed by atoms with Gasteiger partial charge in [-0.15, -0.1) is 0 Å². The summed E-state index contributed by atoms with van der Waals surface area (Å²) in [5.74, 6) is 0.420. The zero-order chi connectivity index (χ0) is 17.9. The number of urea groups is 1. The second kappa shape index (κ2) is 10.5. The third-order valence-electron chi connectivity index (χ3n) is 3.39. The molecule has 3 N–H and O–H groups in total. The zero-order valence-electron chi connectivity index (χ0n) is 14.7. The number of hydrogen-bond donors (Lipinski definition) is 3. The molecule has 0 aliphatic rings. The average molecular weight is 337 g/mol. The van der Waals surface area contributed by atoms with E-state index in [4.69, 9.17) is 9.47 Å². The lowest BCUT2D eigenvalue weighted by Crippen LogP contribution is -2.48. The van der Waals surface area contributed by atoms with E-state index in [9.17, 15) is 9.59 Å². The molecule has 0 fully saturated rings. The standard InChI is InChI=1S/C17H27N3O4/c1-5-12(2)18-16(21)13(3)19-17(22)20-14-7-6-8-15(11-14)24-10-9-23-4/h6-8,11-13H,5,9-10H2,1-4H3,(H,18,21)(H2,19,20,22)/t12-,13-/m1/s1. The summed E-state index contributed by atoms with van der Waals surface area (Å²) in [5, 5.41) is 8.11. The van der Waals surface area contributed by atoms with Crippen LogP contribution in [0, 0.1) is 0 Å². The van der Waals surface area contributed by atoms with Crippen molar-refractivity contribution >= 4 is 17.6 Å². The Morgan fingerprint density at radius 3 is 2.58 bits per heavy atom. The molecule has 134 valence electrons. The lowest BCUT2D eigenvalue weighted by Gasteiger charge is -2.18. The SMILES string of the molecule is CC[C@@H](C)NC(=O)[C@@H](C)NC(=O)Nc1cccc(OCCOC)c1. The van der Waals surface area contributed by atoms with Crippen molar-refractivity contribution in [1.82, 2.24) is 10.6 Å². The van der Waals surface area contributed by atoms with E-state index in [1.54, 1.807) is 38.3 Å². The van der Waals surface area contributed by atoms with Gasteiger partial charge in [-0.2, -0.15) is 0 Å². The van der Waals surface area contributed by atoms with Crippen molar-refractivity contribution in [2.45, 2.75) is 39.3 Å². The molecule has 0 aliphatic carbocycles. The minimum Gasteiger partial charge on any atom is -0.491 e. The molecule has 0 unspecified atom stereocenters. The summed E-state index contributed by atoms with van der Waals surface area (Å²) in [5.41, 5.74) is 0.581. The Bertz CT molecular complexity index is 536. The Balaban J connectivity index is 2.49. The van der Waals surface area contributed by atoms with E-state index in [0.717, 1.165) is 6.42 Å². The number of ether oxygens (including phenoxy) is 2. The van der Waals surface area contributed by atoms with Gasteiger partial charge in [-0.05, 0) is 32.4 Å². The first kappa shape index (κ1) is 19.8. The van der Waals surface area contributed by atoms with Crippen molar-refractivity contribution in [3.05, 3.63) is 24.3 Å². The highest BCUT2D eigenvalue weighted by atomic mass is 16.5. The second-order valence-corrected chi connectivity index (χ2v) is 5.51. The maximum Gasteiger partial charge on any atom is 0.319 e. The number of benzene rings is 1. The number of nitrogens with one attached hydrogen (secondary N) is 3. The highest BCUT2D eigenvalue weighted by molar-refractivity contribution is 5.93. The van der Waals surface area contributed by atoms with Crippen molar-refractivity contribution in [2.75, 3.05) is 25.6 Å². The number of anilines is 1. The van der Waals surface area contributed by atoms with Crippen molar-refractivity contribution in [1.29, 1.82) is 0 Å². The van der Waals surface area contributed by atoms with Crippen LogP contribution in [0.15, 0.2) is 24.3 Å². The first-order valence-electron chi connectivity index (χ1n) is 8.06. The topological polar surface area (TPSA) is 88.7 Å². The average Bonchev–Trinajstić information content (AvgIpc) is 2.55. The Morgan fingerprint density at radius 1 is 1.17 bits per heavy atom. The summed E-state index contributed by atoms with van der Waals surface area (Å²) in [7, 11) is 1.60. The summed E-state index contributed by atoms with van der Waals surface area (Å²) in [4.78, 5) is 23.9. The Hall–Kier alpha value is -2.28. The predicted octanol–water partition coefficient (Wildman–Crippen LogP) is 2.14. The Labute approximate surface area is 143 Å². The van der Waals surface area contributed by atoms with E-state index in [0.29, 0.717) is 24.7 Å². The fraction of sp³-hybridized carbons (Fsp3) is 0.529. The summed E-state index contributed by atoms with van der Waals surface area (Å²) in [6.07, 6.45) is 0.834. The van der Waals surface area contributed by atoms with Crippen molar-refractivity contribution < 1.29 is 19.1 Å². The fourth-order valence-electron chi connectivity index (χ4n) is 1.81. The fourth-order valence-corrected chi connectivity index (χ4v) is 1.81. The van der Waals surface area contributed by atoms with Gasteiger partial charge in [-0.1, -0.05) is 13.0 Å². The largest absolute Gasteiger partial charge is 0.491 e. The molecule has 0 aromatic heterocycles. The summed E-state index contributed by atoms with van der Waals surface area (Å²) >= 11 is 0. The monoisotopic (exact) mass is 337 g/mol. The number of amides is 3. The van der Waals surface area contributed by atoms with Crippen LogP contribution in [0.25, 0.3) is 0 Å². The molecule has 3 amide bonds. The second-order valence-electron chi connectivity index (χ2n) is 5.51. The minimum atomic E-state index is -0.625. The van der Waals surface area contributed by atoms with Gasteiger partial charge in [-0.3, -0.25) is 4.79 Å². The lowest BCUT2D eigenvalue weighted by molar-refractivity contribution is -0.123. The van der Waals surface area contributed by atoms with Gasteiger partial charge in [0.2, 0.25) is 5.91 Å². The van der Waals surface area contributed by atoms with Crippen LogP contribution < -0.4 is 20.7 Å². The molecular weight excluding hydrogens is 310 g/mol. The van der Waals surface area contributed by atoms with Gasteiger partial charge in [0.15, 0.2) is 0 Å². The van der Waals surface area contributed by atoms with E-state index >= 15 is 0 Å². The Morgan fingerprint density at radius 2 is 1.92 bits per heavy atom. The molecule has 0 saturated heterocycles. The van der Waals surface area contributed by atoms with Crippen LogP contribution in [0.1, 0.15) is 27.2 Å². The number of carbonyl (C=O) groups excluding carboxylic acids is 2. The third-order valence-corrected chi connectivity index (χ3v) is 3.39. The molecule has 7 heteroatoms. The Kier molecular flexibility index (Phi) is 8.64. The maximum absolute atomic E-state index is 12.0. The van der Waals surface area contributed by atoms with Gasteiger partial charge in [-0.25, -0.2) is 4.79 Å². The van der Waals surface area contributed by atoms with Gasteiger partial charge < -0.3 is 25.4 Å². The van der Waals surface area contributed by atoms with E-state index in [1.165, 1.54) is 0 Å². The van der Waals surface area contributed by atoms with Crippen LogP contribution >= 0.6 is 0 Å². The molecule has 0 heterocycles. The molecule has 0 bridgehead atoms. The molecule has 0 radical (unpaired) electrons. The molecule has 1 aromatic carbocycles. The van der Waals surface area contributed by atoms with E-state index in [2.05, 4.69) is 16.0 Å². The third kappa shape index (κ3) is 7.32. The summed E-state index contributed by atoms with van der Waals surface area (Å²) < 4.78 is 10.4. The number of carbonyl (C=O) groups is 2. The normalized spacial score (nSPS) is 12.8. The van der Waals surface area contributed by atoms with Crippen LogP contribution in [-0.2, 0) is 9.53 Å². The molecule has 1 aromatic rings. The van der Waals surface area contributed by atoms with Gasteiger partial charge in [0.1, 0.15) is 18.4 Å². The molecule has 0 spiro atoms. The molecule has 1 rings (SSSR count). The van der Waals surface area contributed by atoms with E-state index in [1.807, 2.05) is 13.8 Å². The zero-order valence-corrected chi connectivity index (χ0v) is 14.7. The molecular formula is C17H27N3O4. The molecule has 24 heavy (non-hydrogen) atoms. The van der Waals surface area contributed by atoms with Gasteiger partial charge in [0, 0.05) is 24.9 Å². The van der Waals surface area contributed by atoms with Crippen molar-refractivity contribution in [3.63, 3.8) is 0 Å². The lowest BCUT2D eigenvalue weighted by atomic mass is 10.2. The summed E-state index contributed by atoms with van der Waals surface area (Å²) in [6, 6.07) is 6.02. The molecule has 7 nitrogen and oxygen atoms in total. The van der Waals surface area contributed by atoms with Crippen molar-refractivity contribution in [3.8, 4) is 5.75 Å². The van der Waals surface area contributed by atoms with E-state index in [-0.39, 0.29) is 11.9 Å². The van der Waals surface area contributed by atoms with Crippen LogP contribution in [0.4, 0.5) is 10.5 Å². The van der Waals surface area contributed by atoms with Crippen LogP contribution in [0.3, 0.4) is 0 Å². The maximum atomic E-state index is 12.0. The highest BCUT2D eigenvalue weighted by Gasteiger charge is 2.16. The minimum absolute atomic E-state index is 0.0748. The summed E-state index contributed by atoms with van der Waals surface area (Å²) in [6.45, 7) is 6.46. The first-order valence-corrected chi connectivity index (χ1v) is 8.06. The van der Waals surface area contributed by atoms with Gasteiger partial charge >= 0.3 is 6.03 Å². The molecule has 0 saturated carbocycles. The van der Waals surface area contributed by atoms with Crippen LogP contribution in [0.5, 0.6) is 5.75 Å². The molecule has 0 aliphatic heterocycles. The number of hydrogen-bond acceptors (Lipinski definition) is 4. The number of methoxy groups -OCH3 is 1. The quantitative estimate of drug-likeness (QED) is 0.602. The number of rotatable bonds is 9. The van der Waals surface area contributed by atoms with Gasteiger partial charge in [0.25, 0.3) is 0 Å². The van der Waals surface area contributed by atoms with Gasteiger partial charge in [0.05, 0.1) is 6.61 Å². The van der Waals surface area contributed by atoms with Crippen LogP contribution in [0.2, 0.25) is 0 Å². The molecule has 2 atom stereocenters.